The first kappa shape index (κ1) is 16.3. The molecule has 0 aromatic heterocycles. The van der Waals surface area contributed by atoms with Crippen LogP contribution >= 0.6 is 0 Å². The first-order valence-corrected chi connectivity index (χ1v) is 9.20. The van der Waals surface area contributed by atoms with Crippen molar-refractivity contribution in [1.82, 2.24) is 4.72 Å². The number of benzene rings is 1. The van der Waals surface area contributed by atoms with Crippen molar-refractivity contribution in [3.8, 4) is 5.75 Å². The molecule has 0 fully saturated rings. The van der Waals surface area contributed by atoms with Crippen LogP contribution in [0.5, 0.6) is 5.75 Å². The Morgan fingerprint density at radius 2 is 1.95 bits per heavy atom. The van der Waals surface area contributed by atoms with Gasteiger partial charge < -0.3 is 4.74 Å². The number of ether oxygens (including phenoxy) is 1. The van der Waals surface area contributed by atoms with Gasteiger partial charge in [0.2, 0.25) is 10.0 Å². The minimum Gasteiger partial charge on any atom is -0.487 e. The Labute approximate surface area is 127 Å². The van der Waals surface area contributed by atoms with E-state index in [1.54, 1.807) is 6.92 Å². The van der Waals surface area contributed by atoms with Gasteiger partial charge in [-0.2, -0.15) is 0 Å². The first-order chi connectivity index (χ1) is 9.84. The summed E-state index contributed by atoms with van der Waals surface area (Å²) in [6.07, 6.45) is 2.31. The quantitative estimate of drug-likeness (QED) is 0.838. The minimum absolute atomic E-state index is 0.0384. The second-order valence-corrected chi connectivity index (χ2v) is 7.68. The molecule has 5 heteroatoms. The van der Waals surface area contributed by atoms with E-state index >= 15 is 0 Å². The second-order valence-electron chi connectivity index (χ2n) is 5.73. The molecule has 1 aliphatic heterocycles. The number of nitrogens with zero attached hydrogens (tertiary/aromatic N) is 1. The van der Waals surface area contributed by atoms with Crippen LogP contribution in [0, 0.1) is 6.92 Å². The highest BCUT2D eigenvalue weighted by Crippen LogP contribution is 2.43. The molecule has 0 spiro atoms. The molecule has 1 aromatic rings. The van der Waals surface area contributed by atoms with Crippen LogP contribution in [0.2, 0.25) is 0 Å². The van der Waals surface area contributed by atoms with Gasteiger partial charge in [-0.15, -0.1) is 4.72 Å². The highest BCUT2D eigenvalue weighted by Gasteiger charge is 2.40. The average molecular weight is 310 g/mol. The lowest BCUT2D eigenvalue weighted by Crippen LogP contribution is -2.42. The van der Waals surface area contributed by atoms with Crippen LogP contribution in [-0.2, 0) is 10.0 Å². The van der Waals surface area contributed by atoms with Gasteiger partial charge in [0.15, 0.2) is 0 Å². The van der Waals surface area contributed by atoms with Crippen molar-refractivity contribution in [3.63, 3.8) is 0 Å². The Morgan fingerprint density at radius 3 is 2.52 bits per heavy atom. The summed E-state index contributed by atoms with van der Waals surface area (Å²) in [5, 5.41) is 0. The Morgan fingerprint density at radius 1 is 1.29 bits per heavy atom. The van der Waals surface area contributed by atoms with Crippen molar-refractivity contribution in [1.29, 1.82) is 0 Å². The number of hydrogen-bond acceptors (Lipinski definition) is 3. The molecule has 21 heavy (non-hydrogen) atoms. The van der Waals surface area contributed by atoms with Gasteiger partial charge in [0.05, 0.1) is 11.8 Å². The summed E-state index contributed by atoms with van der Waals surface area (Å²) in [6.45, 7) is 7.78. The third-order valence-electron chi connectivity index (χ3n) is 4.36. The Balaban J connectivity index is 2.45. The van der Waals surface area contributed by atoms with E-state index in [0.717, 1.165) is 29.7 Å². The molecule has 0 amide bonds. The largest absolute Gasteiger partial charge is 0.487 e. The zero-order valence-corrected chi connectivity index (χ0v) is 14.0. The highest BCUT2D eigenvalue weighted by molar-refractivity contribution is 7.89. The second kappa shape index (κ2) is 5.97. The van der Waals surface area contributed by atoms with Crippen LogP contribution in [0.4, 0.5) is 0 Å². The van der Waals surface area contributed by atoms with Gasteiger partial charge in [-0.25, -0.2) is 8.42 Å². The van der Waals surface area contributed by atoms with Gasteiger partial charge in [0.1, 0.15) is 11.4 Å². The van der Waals surface area contributed by atoms with Crippen molar-refractivity contribution in [2.45, 2.75) is 58.6 Å². The predicted octanol–water partition coefficient (Wildman–Crippen LogP) is 3.33. The van der Waals surface area contributed by atoms with Crippen LogP contribution in [-0.4, -0.2) is 19.8 Å². The summed E-state index contributed by atoms with van der Waals surface area (Å²) in [5.41, 5.74) is 1.66. The fourth-order valence-electron chi connectivity index (χ4n) is 2.80. The van der Waals surface area contributed by atoms with E-state index in [0.29, 0.717) is 6.42 Å². The summed E-state index contributed by atoms with van der Waals surface area (Å²) in [4.78, 5) is 0. The maximum atomic E-state index is 11.9. The predicted molar refractivity (Wildman–Crippen MR) is 84.1 cm³/mol. The first-order valence-electron chi connectivity index (χ1n) is 7.59. The molecule has 4 nitrogen and oxygen atoms in total. The molecule has 1 atom stereocenters. The van der Waals surface area contributed by atoms with Crippen LogP contribution in [0.3, 0.4) is 0 Å². The average Bonchev–Trinajstić information content (AvgIpc) is 2.47. The highest BCUT2D eigenvalue weighted by atomic mass is 32.2. The summed E-state index contributed by atoms with van der Waals surface area (Å²) in [5.74, 6) is 0.812. The van der Waals surface area contributed by atoms with E-state index in [2.05, 4.69) is 18.6 Å². The molecule has 0 saturated carbocycles. The van der Waals surface area contributed by atoms with Crippen molar-refractivity contribution >= 4 is 10.0 Å². The summed E-state index contributed by atoms with van der Waals surface area (Å²) in [6, 6.07) is 5.58. The number of hydrogen-bond donors (Lipinski definition) is 0. The third-order valence-corrected chi connectivity index (χ3v) is 5.66. The summed E-state index contributed by atoms with van der Waals surface area (Å²) < 4.78 is 34.2. The maximum Gasteiger partial charge on any atom is 0.228 e. The lowest BCUT2D eigenvalue weighted by atomic mass is 9.83. The van der Waals surface area contributed by atoms with E-state index in [1.165, 1.54) is 0 Å². The Hall–Kier alpha value is -1.07. The Bertz CT molecular complexity index is 606. The van der Waals surface area contributed by atoms with E-state index in [9.17, 15) is 8.42 Å². The zero-order chi connectivity index (χ0) is 15.7. The normalized spacial score (nSPS) is 20.7. The molecule has 0 bridgehead atoms. The van der Waals surface area contributed by atoms with Gasteiger partial charge in [0.25, 0.3) is 0 Å². The van der Waals surface area contributed by atoms with Crippen molar-refractivity contribution in [2.24, 2.45) is 0 Å². The lowest BCUT2D eigenvalue weighted by Gasteiger charge is -2.41. The van der Waals surface area contributed by atoms with Gasteiger partial charge in [-0.1, -0.05) is 31.5 Å². The van der Waals surface area contributed by atoms with Crippen LogP contribution in [0.1, 0.15) is 57.2 Å². The number of sulfonamides is 1. The standard InChI is InChI=1S/C16H24NO3S/c1-5-16(6-2)11-14(17-21(18,19)7-3)13-10-12(4)8-9-15(13)20-16/h8-10,14H,5-7,11H2,1-4H3. The molecular formula is C16H24NO3S. The molecule has 1 aromatic carbocycles. The molecule has 2 rings (SSSR count). The van der Waals surface area contributed by atoms with Gasteiger partial charge in [0, 0.05) is 12.0 Å². The molecule has 1 radical (unpaired) electrons. The van der Waals surface area contributed by atoms with E-state index in [1.807, 2.05) is 25.1 Å². The SMILES string of the molecule is CCC1(CC)CC([N]S(=O)(=O)CC)c2cc(C)ccc2O1. The maximum absolute atomic E-state index is 11.9. The molecular weight excluding hydrogens is 286 g/mol. The smallest absolute Gasteiger partial charge is 0.228 e. The van der Waals surface area contributed by atoms with Crippen molar-refractivity contribution < 1.29 is 13.2 Å². The molecule has 1 unspecified atom stereocenters. The monoisotopic (exact) mass is 310 g/mol. The van der Waals surface area contributed by atoms with Gasteiger partial charge >= 0.3 is 0 Å². The number of aryl methyl sites for hydroxylation is 1. The van der Waals surface area contributed by atoms with Crippen LogP contribution < -0.4 is 9.46 Å². The molecule has 0 saturated heterocycles. The molecule has 0 aliphatic carbocycles. The van der Waals surface area contributed by atoms with Crippen molar-refractivity contribution in [2.75, 3.05) is 5.75 Å². The minimum atomic E-state index is -3.37. The van der Waals surface area contributed by atoms with E-state index in [4.69, 9.17) is 4.74 Å². The van der Waals surface area contributed by atoms with Crippen LogP contribution in [0.25, 0.3) is 0 Å². The van der Waals surface area contributed by atoms with E-state index in [-0.39, 0.29) is 17.4 Å². The van der Waals surface area contributed by atoms with Crippen molar-refractivity contribution in [3.05, 3.63) is 29.3 Å². The zero-order valence-electron chi connectivity index (χ0n) is 13.2. The summed E-state index contributed by atoms with van der Waals surface area (Å²) >= 11 is 0. The molecule has 117 valence electrons. The van der Waals surface area contributed by atoms with Gasteiger partial charge in [-0.3, -0.25) is 0 Å². The summed E-state index contributed by atoms with van der Waals surface area (Å²) in [7, 11) is -3.37. The fourth-order valence-corrected chi connectivity index (χ4v) is 3.53. The van der Waals surface area contributed by atoms with E-state index < -0.39 is 10.0 Å². The molecule has 0 N–H and O–H groups in total. The lowest BCUT2D eigenvalue weighted by molar-refractivity contribution is 0.0256. The molecule has 1 aliphatic rings. The van der Waals surface area contributed by atoms with Gasteiger partial charge in [-0.05, 0) is 32.8 Å². The topological polar surface area (TPSA) is 57.5 Å². The molecule has 1 heterocycles. The number of fused-ring (bicyclic) bond motifs is 1. The third kappa shape index (κ3) is 3.40. The number of rotatable bonds is 5. The Kier molecular flexibility index (Phi) is 4.63. The van der Waals surface area contributed by atoms with Crippen LogP contribution in [0.15, 0.2) is 18.2 Å². The fraction of sp³-hybridized carbons (Fsp3) is 0.625.